The SMILES string of the molecule is Cc1ccc2c(c1)CCCN2C(=O)C(C)n1nc(-c2ccc3c(c2)OCO3)ccc1=O. The Morgan fingerprint density at radius 3 is 2.77 bits per heavy atom. The third-order valence-corrected chi connectivity index (χ3v) is 5.84. The Morgan fingerprint density at radius 2 is 1.90 bits per heavy atom. The number of aryl methyl sites for hydroxylation is 2. The summed E-state index contributed by atoms with van der Waals surface area (Å²) in [4.78, 5) is 27.8. The van der Waals surface area contributed by atoms with Crippen LogP contribution in [-0.2, 0) is 11.2 Å². The molecule has 3 aromatic rings. The fourth-order valence-electron chi connectivity index (χ4n) is 4.20. The first-order chi connectivity index (χ1) is 15.0. The van der Waals surface area contributed by atoms with Crippen molar-refractivity contribution in [3.8, 4) is 22.8 Å². The minimum Gasteiger partial charge on any atom is -0.454 e. The number of nitrogens with zero attached hydrogens (tertiary/aromatic N) is 3. The van der Waals surface area contributed by atoms with E-state index in [9.17, 15) is 9.59 Å². The number of anilines is 1. The monoisotopic (exact) mass is 417 g/mol. The number of ether oxygens (including phenoxy) is 2. The highest BCUT2D eigenvalue weighted by Crippen LogP contribution is 2.35. The fourth-order valence-corrected chi connectivity index (χ4v) is 4.20. The van der Waals surface area contributed by atoms with Crippen LogP contribution < -0.4 is 19.9 Å². The first-order valence-corrected chi connectivity index (χ1v) is 10.4. The zero-order valence-corrected chi connectivity index (χ0v) is 17.5. The van der Waals surface area contributed by atoms with E-state index in [-0.39, 0.29) is 18.3 Å². The van der Waals surface area contributed by atoms with Crippen molar-refractivity contribution >= 4 is 11.6 Å². The van der Waals surface area contributed by atoms with E-state index in [1.807, 2.05) is 30.3 Å². The van der Waals surface area contributed by atoms with Crippen LogP contribution >= 0.6 is 0 Å². The molecule has 5 rings (SSSR count). The molecular weight excluding hydrogens is 394 g/mol. The van der Waals surface area contributed by atoms with Crippen molar-refractivity contribution < 1.29 is 14.3 Å². The van der Waals surface area contributed by atoms with Gasteiger partial charge in [0.2, 0.25) is 6.79 Å². The van der Waals surface area contributed by atoms with Crippen LogP contribution in [0.4, 0.5) is 5.69 Å². The normalized spacial score (nSPS) is 15.5. The molecule has 2 aliphatic heterocycles. The third-order valence-electron chi connectivity index (χ3n) is 5.84. The van der Waals surface area contributed by atoms with Gasteiger partial charge >= 0.3 is 0 Å². The van der Waals surface area contributed by atoms with E-state index in [0.29, 0.717) is 23.7 Å². The van der Waals surface area contributed by atoms with E-state index in [1.165, 1.54) is 21.9 Å². The van der Waals surface area contributed by atoms with Crippen molar-refractivity contribution in [2.45, 2.75) is 32.7 Å². The largest absolute Gasteiger partial charge is 0.454 e. The van der Waals surface area contributed by atoms with Gasteiger partial charge in [-0.25, -0.2) is 4.68 Å². The minimum atomic E-state index is -0.728. The Balaban J connectivity index is 1.47. The maximum Gasteiger partial charge on any atom is 0.267 e. The van der Waals surface area contributed by atoms with Crippen LogP contribution in [0.5, 0.6) is 11.5 Å². The summed E-state index contributed by atoms with van der Waals surface area (Å²) in [6, 6.07) is 14.0. The fraction of sp³-hybridized carbons (Fsp3) is 0.292. The maximum atomic E-state index is 13.4. The predicted molar refractivity (Wildman–Crippen MR) is 117 cm³/mol. The van der Waals surface area contributed by atoms with Gasteiger partial charge in [0, 0.05) is 23.9 Å². The Morgan fingerprint density at radius 1 is 1.06 bits per heavy atom. The number of aromatic nitrogens is 2. The van der Waals surface area contributed by atoms with E-state index in [4.69, 9.17) is 9.47 Å². The molecule has 2 aliphatic rings. The van der Waals surface area contributed by atoms with Gasteiger partial charge in [-0.15, -0.1) is 0 Å². The molecule has 0 saturated carbocycles. The molecule has 1 aromatic heterocycles. The second-order valence-corrected chi connectivity index (χ2v) is 7.97. The number of fused-ring (bicyclic) bond motifs is 2. The third kappa shape index (κ3) is 3.46. The van der Waals surface area contributed by atoms with Gasteiger partial charge in [-0.05, 0) is 62.6 Å². The van der Waals surface area contributed by atoms with E-state index in [0.717, 1.165) is 24.1 Å². The molecular formula is C24H23N3O4. The number of amides is 1. The van der Waals surface area contributed by atoms with Gasteiger partial charge in [-0.3, -0.25) is 9.59 Å². The van der Waals surface area contributed by atoms with E-state index >= 15 is 0 Å². The average Bonchev–Trinajstić information content (AvgIpc) is 3.26. The first kappa shape index (κ1) is 19.4. The molecule has 7 nitrogen and oxygen atoms in total. The molecule has 7 heteroatoms. The Bertz CT molecular complexity index is 1230. The van der Waals surface area contributed by atoms with Crippen LogP contribution in [0.25, 0.3) is 11.3 Å². The molecule has 2 aromatic carbocycles. The van der Waals surface area contributed by atoms with E-state index < -0.39 is 6.04 Å². The minimum absolute atomic E-state index is 0.137. The first-order valence-electron chi connectivity index (χ1n) is 10.4. The van der Waals surface area contributed by atoms with Gasteiger partial charge in [0.05, 0.1) is 5.69 Å². The van der Waals surface area contributed by atoms with Crippen LogP contribution in [0.15, 0.2) is 53.3 Å². The highest BCUT2D eigenvalue weighted by molar-refractivity contribution is 5.97. The van der Waals surface area contributed by atoms with Gasteiger partial charge < -0.3 is 14.4 Å². The predicted octanol–water partition coefficient (Wildman–Crippen LogP) is 3.49. The lowest BCUT2D eigenvalue weighted by molar-refractivity contribution is -0.121. The lowest BCUT2D eigenvalue weighted by atomic mass is 9.99. The number of rotatable bonds is 3. The summed E-state index contributed by atoms with van der Waals surface area (Å²) in [6.07, 6.45) is 1.85. The molecule has 0 aliphatic carbocycles. The smallest absolute Gasteiger partial charge is 0.267 e. The second kappa shape index (κ2) is 7.58. The zero-order chi connectivity index (χ0) is 21.5. The Hall–Kier alpha value is -3.61. The molecule has 0 radical (unpaired) electrons. The van der Waals surface area contributed by atoms with Gasteiger partial charge in [-0.2, -0.15) is 5.10 Å². The summed E-state index contributed by atoms with van der Waals surface area (Å²) in [5.41, 5.74) is 4.33. The van der Waals surface area contributed by atoms with Crippen molar-refractivity contribution in [2.75, 3.05) is 18.2 Å². The van der Waals surface area contributed by atoms with Crippen molar-refractivity contribution in [1.29, 1.82) is 0 Å². The molecule has 1 atom stereocenters. The van der Waals surface area contributed by atoms with Crippen molar-refractivity contribution in [3.63, 3.8) is 0 Å². The van der Waals surface area contributed by atoms with Gasteiger partial charge in [-0.1, -0.05) is 17.7 Å². The van der Waals surface area contributed by atoms with Crippen LogP contribution in [-0.4, -0.2) is 29.0 Å². The summed E-state index contributed by atoms with van der Waals surface area (Å²) in [5.74, 6) is 1.18. The molecule has 3 heterocycles. The highest BCUT2D eigenvalue weighted by atomic mass is 16.7. The van der Waals surface area contributed by atoms with Crippen molar-refractivity contribution in [1.82, 2.24) is 9.78 Å². The number of benzene rings is 2. The number of hydrogen-bond acceptors (Lipinski definition) is 5. The van der Waals surface area contributed by atoms with Crippen LogP contribution in [0, 0.1) is 6.92 Å². The molecule has 0 bridgehead atoms. The molecule has 0 saturated heterocycles. The Labute approximate surface area is 179 Å². The van der Waals surface area contributed by atoms with Gasteiger partial charge in [0.15, 0.2) is 11.5 Å². The number of carbonyl (C=O) groups excluding carboxylic acids is 1. The summed E-state index contributed by atoms with van der Waals surface area (Å²) >= 11 is 0. The number of carbonyl (C=O) groups is 1. The summed E-state index contributed by atoms with van der Waals surface area (Å²) in [5, 5.41) is 4.51. The van der Waals surface area contributed by atoms with Gasteiger partial charge in [0.1, 0.15) is 6.04 Å². The molecule has 158 valence electrons. The lowest BCUT2D eigenvalue weighted by Crippen LogP contribution is -2.42. The van der Waals surface area contributed by atoms with Crippen molar-refractivity contribution in [3.05, 3.63) is 70.0 Å². The second-order valence-electron chi connectivity index (χ2n) is 7.97. The van der Waals surface area contributed by atoms with Crippen molar-refractivity contribution in [2.24, 2.45) is 0 Å². The molecule has 0 spiro atoms. The quantitative estimate of drug-likeness (QED) is 0.652. The van der Waals surface area contributed by atoms with Gasteiger partial charge in [0.25, 0.3) is 11.5 Å². The standard InChI is InChI=1S/C24H23N3O4/c1-15-5-8-20-18(12-15)4-3-11-26(20)24(29)16(2)27-23(28)10-7-19(25-27)17-6-9-21-22(13-17)31-14-30-21/h5-10,12-13,16H,3-4,11,14H2,1-2H3. The molecule has 0 N–H and O–H groups in total. The summed E-state index contributed by atoms with van der Waals surface area (Å²) in [7, 11) is 0. The van der Waals surface area contributed by atoms with Crippen LogP contribution in [0.1, 0.15) is 30.5 Å². The molecule has 0 fully saturated rings. The number of hydrogen-bond donors (Lipinski definition) is 0. The topological polar surface area (TPSA) is 73.7 Å². The molecule has 1 unspecified atom stereocenters. The highest BCUT2D eigenvalue weighted by Gasteiger charge is 2.28. The van der Waals surface area contributed by atoms with E-state index in [2.05, 4.69) is 18.1 Å². The zero-order valence-electron chi connectivity index (χ0n) is 17.5. The van der Waals surface area contributed by atoms with E-state index in [1.54, 1.807) is 17.9 Å². The Kier molecular flexibility index (Phi) is 4.73. The average molecular weight is 417 g/mol. The maximum absolute atomic E-state index is 13.4. The van der Waals surface area contributed by atoms with Crippen LogP contribution in [0.3, 0.4) is 0 Å². The lowest BCUT2D eigenvalue weighted by Gasteiger charge is -2.32. The summed E-state index contributed by atoms with van der Waals surface area (Å²) < 4.78 is 12.1. The molecule has 1 amide bonds. The molecule has 31 heavy (non-hydrogen) atoms. The summed E-state index contributed by atoms with van der Waals surface area (Å²) in [6.45, 7) is 4.60. The van der Waals surface area contributed by atoms with Crippen LogP contribution in [0.2, 0.25) is 0 Å².